The van der Waals surface area contributed by atoms with Crippen LogP contribution >= 0.6 is 15.9 Å². The van der Waals surface area contributed by atoms with Crippen LogP contribution < -0.4 is 4.90 Å². The summed E-state index contributed by atoms with van der Waals surface area (Å²) < 4.78 is 14.4. The molecular formula is C14H7BrFNO2. The highest BCUT2D eigenvalue weighted by Crippen LogP contribution is 2.31. The van der Waals surface area contributed by atoms with Crippen LogP contribution in [0.2, 0.25) is 0 Å². The zero-order chi connectivity index (χ0) is 13.6. The SMILES string of the molecule is O=C1c2ccc(Br)cc2C(=O)N1c1ccccc1F. The molecule has 0 unspecified atom stereocenters. The number of rotatable bonds is 1. The van der Waals surface area contributed by atoms with Crippen LogP contribution in [0.25, 0.3) is 0 Å². The van der Waals surface area contributed by atoms with Gasteiger partial charge in [0.1, 0.15) is 5.82 Å². The fraction of sp³-hybridized carbons (Fsp3) is 0. The number of carbonyl (C=O) groups excluding carboxylic acids is 2. The van der Waals surface area contributed by atoms with Crippen molar-refractivity contribution in [3.05, 3.63) is 63.9 Å². The fourth-order valence-corrected chi connectivity index (χ4v) is 2.43. The summed E-state index contributed by atoms with van der Waals surface area (Å²) >= 11 is 3.25. The Morgan fingerprint density at radius 2 is 1.63 bits per heavy atom. The Hall–Kier alpha value is -2.01. The van der Waals surface area contributed by atoms with Gasteiger partial charge in [0.25, 0.3) is 11.8 Å². The molecule has 1 aliphatic rings. The number of amides is 2. The van der Waals surface area contributed by atoms with Gasteiger partial charge in [-0.15, -0.1) is 0 Å². The lowest BCUT2D eigenvalue weighted by Crippen LogP contribution is -2.30. The molecule has 5 heteroatoms. The van der Waals surface area contributed by atoms with E-state index >= 15 is 0 Å². The molecule has 3 nitrogen and oxygen atoms in total. The maximum absolute atomic E-state index is 13.7. The Labute approximate surface area is 116 Å². The normalized spacial score (nSPS) is 13.9. The highest BCUT2D eigenvalue weighted by molar-refractivity contribution is 9.10. The monoisotopic (exact) mass is 319 g/mol. The minimum Gasteiger partial charge on any atom is -0.268 e. The zero-order valence-electron chi connectivity index (χ0n) is 9.56. The van der Waals surface area contributed by atoms with Crippen LogP contribution in [0.5, 0.6) is 0 Å². The first-order valence-electron chi connectivity index (χ1n) is 5.52. The summed E-state index contributed by atoms with van der Waals surface area (Å²) in [7, 11) is 0. The summed E-state index contributed by atoms with van der Waals surface area (Å²) in [5.74, 6) is -1.61. The molecule has 0 fully saturated rings. The van der Waals surface area contributed by atoms with Crippen LogP contribution in [0.15, 0.2) is 46.9 Å². The van der Waals surface area contributed by atoms with Gasteiger partial charge in [0, 0.05) is 4.47 Å². The number of nitrogens with zero attached hydrogens (tertiary/aromatic N) is 1. The lowest BCUT2D eigenvalue weighted by molar-refractivity contribution is 0.0925. The molecule has 94 valence electrons. The molecule has 0 aromatic heterocycles. The Balaban J connectivity index is 2.16. The molecule has 0 aliphatic carbocycles. The predicted molar refractivity (Wildman–Crippen MR) is 71.7 cm³/mol. The van der Waals surface area contributed by atoms with Crippen molar-refractivity contribution in [2.24, 2.45) is 0 Å². The molecule has 0 N–H and O–H groups in total. The number of imide groups is 1. The molecule has 0 saturated heterocycles. The predicted octanol–water partition coefficient (Wildman–Crippen LogP) is 3.39. The first kappa shape index (κ1) is 12.0. The Morgan fingerprint density at radius 3 is 2.37 bits per heavy atom. The third-order valence-corrected chi connectivity index (χ3v) is 3.44. The van der Waals surface area contributed by atoms with E-state index in [1.807, 2.05) is 0 Å². The molecule has 0 radical (unpaired) electrons. The van der Waals surface area contributed by atoms with Gasteiger partial charge in [0.15, 0.2) is 0 Å². The van der Waals surface area contributed by atoms with Gasteiger partial charge >= 0.3 is 0 Å². The van der Waals surface area contributed by atoms with Crippen molar-refractivity contribution < 1.29 is 14.0 Å². The molecule has 2 aromatic carbocycles. The van der Waals surface area contributed by atoms with E-state index in [1.54, 1.807) is 24.3 Å². The van der Waals surface area contributed by atoms with E-state index in [9.17, 15) is 14.0 Å². The van der Waals surface area contributed by atoms with Gasteiger partial charge < -0.3 is 0 Å². The van der Waals surface area contributed by atoms with Gasteiger partial charge in [0.2, 0.25) is 0 Å². The second-order valence-electron chi connectivity index (χ2n) is 4.09. The van der Waals surface area contributed by atoms with Crippen LogP contribution in [0, 0.1) is 5.82 Å². The molecule has 19 heavy (non-hydrogen) atoms. The van der Waals surface area contributed by atoms with Crippen molar-refractivity contribution >= 4 is 33.4 Å². The third-order valence-electron chi connectivity index (χ3n) is 2.94. The van der Waals surface area contributed by atoms with Crippen molar-refractivity contribution in [1.29, 1.82) is 0 Å². The van der Waals surface area contributed by atoms with E-state index in [0.717, 1.165) is 4.90 Å². The molecular weight excluding hydrogens is 313 g/mol. The molecule has 0 atom stereocenters. The van der Waals surface area contributed by atoms with Crippen LogP contribution in [0.4, 0.5) is 10.1 Å². The van der Waals surface area contributed by atoms with Gasteiger partial charge in [-0.25, -0.2) is 9.29 Å². The average Bonchev–Trinajstić information content (AvgIpc) is 2.63. The van der Waals surface area contributed by atoms with Crippen LogP contribution in [-0.2, 0) is 0 Å². The smallest absolute Gasteiger partial charge is 0.266 e. The summed E-state index contributed by atoms with van der Waals surface area (Å²) in [6.45, 7) is 0. The minimum absolute atomic E-state index is 0.0233. The van der Waals surface area contributed by atoms with Gasteiger partial charge in [-0.3, -0.25) is 9.59 Å². The largest absolute Gasteiger partial charge is 0.268 e. The van der Waals surface area contributed by atoms with Gasteiger partial charge in [0.05, 0.1) is 16.8 Å². The summed E-state index contributed by atoms with van der Waals surface area (Å²) in [6.07, 6.45) is 0. The van der Waals surface area contributed by atoms with Crippen LogP contribution in [0.3, 0.4) is 0 Å². The fourth-order valence-electron chi connectivity index (χ4n) is 2.06. The van der Waals surface area contributed by atoms with E-state index in [0.29, 0.717) is 4.47 Å². The first-order chi connectivity index (χ1) is 9.09. The van der Waals surface area contributed by atoms with Gasteiger partial charge in [-0.05, 0) is 30.3 Å². The topological polar surface area (TPSA) is 37.4 Å². The van der Waals surface area contributed by atoms with E-state index in [1.165, 1.54) is 18.2 Å². The average molecular weight is 320 g/mol. The van der Waals surface area contributed by atoms with Crippen molar-refractivity contribution in [3.8, 4) is 0 Å². The van der Waals surface area contributed by atoms with E-state index < -0.39 is 17.6 Å². The number of benzene rings is 2. The van der Waals surface area contributed by atoms with Crippen LogP contribution in [-0.4, -0.2) is 11.8 Å². The maximum atomic E-state index is 13.7. The number of halogens is 2. The highest BCUT2D eigenvalue weighted by atomic mass is 79.9. The summed E-state index contributed by atoms with van der Waals surface area (Å²) in [5.41, 5.74) is 0.545. The molecule has 1 aliphatic heterocycles. The lowest BCUT2D eigenvalue weighted by atomic mass is 10.1. The molecule has 0 bridgehead atoms. The Kier molecular flexibility index (Phi) is 2.71. The van der Waals surface area contributed by atoms with Crippen molar-refractivity contribution in [1.82, 2.24) is 0 Å². The minimum atomic E-state index is -0.601. The second-order valence-corrected chi connectivity index (χ2v) is 5.00. The lowest BCUT2D eigenvalue weighted by Gasteiger charge is -2.14. The molecule has 1 heterocycles. The molecule has 2 aromatic rings. The zero-order valence-corrected chi connectivity index (χ0v) is 11.1. The Morgan fingerprint density at radius 1 is 0.947 bits per heavy atom. The number of hydrogen-bond acceptors (Lipinski definition) is 2. The molecule has 0 saturated carbocycles. The summed E-state index contributed by atoms with van der Waals surface area (Å²) in [6, 6.07) is 10.5. The second kappa shape index (κ2) is 4.28. The van der Waals surface area contributed by atoms with E-state index in [4.69, 9.17) is 0 Å². The summed E-state index contributed by atoms with van der Waals surface area (Å²) in [4.78, 5) is 25.3. The number of anilines is 1. The highest BCUT2D eigenvalue weighted by Gasteiger charge is 2.37. The molecule has 0 spiro atoms. The number of carbonyl (C=O) groups is 2. The van der Waals surface area contributed by atoms with Crippen molar-refractivity contribution in [2.45, 2.75) is 0 Å². The number of para-hydroxylation sites is 1. The van der Waals surface area contributed by atoms with Crippen molar-refractivity contribution in [3.63, 3.8) is 0 Å². The van der Waals surface area contributed by atoms with Crippen LogP contribution in [0.1, 0.15) is 20.7 Å². The Bertz CT molecular complexity index is 714. The summed E-state index contributed by atoms with van der Waals surface area (Å²) in [5, 5.41) is 0. The number of fused-ring (bicyclic) bond motifs is 1. The van der Waals surface area contributed by atoms with Gasteiger partial charge in [-0.2, -0.15) is 0 Å². The number of hydrogen-bond donors (Lipinski definition) is 0. The van der Waals surface area contributed by atoms with E-state index in [-0.39, 0.29) is 16.8 Å². The third kappa shape index (κ3) is 1.77. The standard InChI is InChI=1S/C14H7BrFNO2/c15-8-5-6-9-10(7-8)14(19)17(13(9)18)12-4-2-1-3-11(12)16/h1-7H. The van der Waals surface area contributed by atoms with Crippen molar-refractivity contribution in [2.75, 3.05) is 4.90 Å². The van der Waals surface area contributed by atoms with E-state index in [2.05, 4.69) is 15.9 Å². The molecule has 2 amide bonds. The quantitative estimate of drug-likeness (QED) is 0.755. The molecule has 3 rings (SSSR count). The first-order valence-corrected chi connectivity index (χ1v) is 6.32. The van der Waals surface area contributed by atoms with Gasteiger partial charge in [-0.1, -0.05) is 28.1 Å². The maximum Gasteiger partial charge on any atom is 0.266 e.